The SMILES string of the molecule is COc1cnn(C(C)C)c1C(CCC1CCCO1)NN. The van der Waals surface area contributed by atoms with Gasteiger partial charge in [-0.05, 0) is 39.5 Å². The predicted octanol–water partition coefficient (Wildman–Crippen LogP) is 1.94. The third-order valence-electron chi connectivity index (χ3n) is 3.84. The van der Waals surface area contributed by atoms with E-state index in [0.717, 1.165) is 37.3 Å². The third kappa shape index (κ3) is 3.31. The van der Waals surface area contributed by atoms with Gasteiger partial charge in [0, 0.05) is 12.6 Å². The number of hydrogen-bond acceptors (Lipinski definition) is 5. The fraction of sp³-hybridized carbons (Fsp3) is 0.786. The van der Waals surface area contributed by atoms with Gasteiger partial charge in [-0.2, -0.15) is 5.10 Å². The number of methoxy groups -OCH3 is 1. The molecule has 2 heterocycles. The van der Waals surface area contributed by atoms with Crippen LogP contribution in [0.25, 0.3) is 0 Å². The van der Waals surface area contributed by atoms with Gasteiger partial charge in [-0.3, -0.25) is 16.0 Å². The van der Waals surface area contributed by atoms with Crippen LogP contribution < -0.4 is 16.0 Å². The maximum Gasteiger partial charge on any atom is 0.161 e. The first-order chi connectivity index (χ1) is 9.67. The molecule has 0 aromatic carbocycles. The molecule has 114 valence electrons. The van der Waals surface area contributed by atoms with Crippen LogP contribution in [-0.2, 0) is 4.74 Å². The Bertz CT molecular complexity index is 413. The summed E-state index contributed by atoms with van der Waals surface area (Å²) in [5.41, 5.74) is 3.92. The van der Waals surface area contributed by atoms with Gasteiger partial charge in [0.2, 0.25) is 0 Å². The number of hydrazine groups is 1. The van der Waals surface area contributed by atoms with Gasteiger partial charge in [-0.15, -0.1) is 0 Å². The van der Waals surface area contributed by atoms with E-state index in [4.69, 9.17) is 15.3 Å². The number of aromatic nitrogens is 2. The molecule has 2 atom stereocenters. The van der Waals surface area contributed by atoms with Gasteiger partial charge >= 0.3 is 0 Å². The summed E-state index contributed by atoms with van der Waals surface area (Å²) >= 11 is 0. The van der Waals surface area contributed by atoms with Gasteiger partial charge in [0.05, 0.1) is 31.1 Å². The highest BCUT2D eigenvalue weighted by Gasteiger charge is 2.24. The van der Waals surface area contributed by atoms with Crippen molar-refractivity contribution in [3.63, 3.8) is 0 Å². The summed E-state index contributed by atoms with van der Waals surface area (Å²) in [7, 11) is 1.67. The second-order valence-corrected chi connectivity index (χ2v) is 5.57. The third-order valence-corrected chi connectivity index (χ3v) is 3.84. The summed E-state index contributed by atoms with van der Waals surface area (Å²) in [6.07, 6.45) is 6.35. The van der Waals surface area contributed by atoms with Crippen LogP contribution in [0.2, 0.25) is 0 Å². The van der Waals surface area contributed by atoms with Crippen LogP contribution in [0, 0.1) is 0 Å². The molecule has 20 heavy (non-hydrogen) atoms. The second kappa shape index (κ2) is 7.06. The zero-order valence-corrected chi connectivity index (χ0v) is 12.6. The van der Waals surface area contributed by atoms with Gasteiger partial charge in [-0.25, -0.2) is 0 Å². The van der Waals surface area contributed by atoms with Crippen LogP contribution in [0.4, 0.5) is 0 Å². The molecule has 0 aliphatic carbocycles. The second-order valence-electron chi connectivity index (χ2n) is 5.57. The molecule has 1 saturated heterocycles. The monoisotopic (exact) mass is 282 g/mol. The number of hydrogen-bond donors (Lipinski definition) is 2. The minimum Gasteiger partial charge on any atom is -0.493 e. The maximum absolute atomic E-state index is 5.75. The van der Waals surface area contributed by atoms with E-state index in [0.29, 0.717) is 6.10 Å². The zero-order valence-electron chi connectivity index (χ0n) is 12.6. The molecule has 3 N–H and O–H groups in total. The molecule has 1 aromatic rings. The summed E-state index contributed by atoms with van der Waals surface area (Å²) in [6.45, 7) is 5.09. The summed E-state index contributed by atoms with van der Waals surface area (Å²) < 4.78 is 13.1. The molecule has 1 aliphatic heterocycles. The standard InChI is InChI=1S/C14H26N4O2/c1-10(2)18-14(13(19-3)9-16-18)12(17-15)7-6-11-5-4-8-20-11/h9-12,17H,4-8,15H2,1-3H3. The van der Waals surface area contributed by atoms with E-state index < -0.39 is 0 Å². The Morgan fingerprint density at radius 1 is 1.60 bits per heavy atom. The molecule has 0 spiro atoms. The molecular weight excluding hydrogens is 256 g/mol. The first-order valence-corrected chi connectivity index (χ1v) is 7.36. The van der Waals surface area contributed by atoms with Gasteiger partial charge in [-0.1, -0.05) is 0 Å². The molecule has 1 aliphatic rings. The molecule has 0 radical (unpaired) electrons. The van der Waals surface area contributed by atoms with Crippen molar-refractivity contribution in [2.75, 3.05) is 13.7 Å². The van der Waals surface area contributed by atoms with Crippen molar-refractivity contribution in [1.29, 1.82) is 0 Å². The largest absolute Gasteiger partial charge is 0.493 e. The van der Waals surface area contributed by atoms with Crippen molar-refractivity contribution >= 4 is 0 Å². The van der Waals surface area contributed by atoms with Crippen molar-refractivity contribution in [2.45, 2.75) is 57.7 Å². The lowest BCUT2D eigenvalue weighted by atomic mass is 10.0. The van der Waals surface area contributed by atoms with Crippen LogP contribution in [0.15, 0.2) is 6.20 Å². The Kier molecular flexibility index (Phi) is 5.39. The topological polar surface area (TPSA) is 74.3 Å². The number of nitrogens with one attached hydrogen (secondary N) is 1. The predicted molar refractivity (Wildman–Crippen MR) is 77.4 cm³/mol. The summed E-state index contributed by atoms with van der Waals surface area (Å²) in [4.78, 5) is 0. The molecule has 0 bridgehead atoms. The molecule has 1 fully saturated rings. The van der Waals surface area contributed by atoms with Crippen molar-refractivity contribution in [3.8, 4) is 5.75 Å². The van der Waals surface area contributed by atoms with E-state index >= 15 is 0 Å². The van der Waals surface area contributed by atoms with E-state index in [1.54, 1.807) is 13.3 Å². The fourth-order valence-corrected chi connectivity index (χ4v) is 2.78. The Labute approximate surface area is 120 Å². The van der Waals surface area contributed by atoms with E-state index in [2.05, 4.69) is 24.4 Å². The molecule has 2 rings (SSSR count). The Hall–Kier alpha value is -1.11. The minimum atomic E-state index is 0.0269. The summed E-state index contributed by atoms with van der Waals surface area (Å²) in [5.74, 6) is 6.54. The average molecular weight is 282 g/mol. The fourth-order valence-electron chi connectivity index (χ4n) is 2.78. The molecule has 0 amide bonds. The highest BCUT2D eigenvalue weighted by molar-refractivity contribution is 5.28. The molecule has 1 aromatic heterocycles. The average Bonchev–Trinajstić information content (AvgIpc) is 3.08. The van der Waals surface area contributed by atoms with Gasteiger partial charge < -0.3 is 9.47 Å². The van der Waals surface area contributed by atoms with E-state index in [1.165, 1.54) is 6.42 Å². The Morgan fingerprint density at radius 2 is 2.40 bits per heavy atom. The van der Waals surface area contributed by atoms with Gasteiger partial charge in [0.15, 0.2) is 5.75 Å². The highest BCUT2D eigenvalue weighted by atomic mass is 16.5. The van der Waals surface area contributed by atoms with E-state index in [1.807, 2.05) is 4.68 Å². The zero-order chi connectivity index (χ0) is 14.5. The molecular formula is C14H26N4O2. The van der Waals surface area contributed by atoms with Crippen molar-refractivity contribution in [1.82, 2.24) is 15.2 Å². The van der Waals surface area contributed by atoms with Crippen LogP contribution in [0.1, 0.15) is 57.3 Å². The smallest absolute Gasteiger partial charge is 0.161 e. The number of rotatable bonds is 7. The number of ether oxygens (including phenoxy) is 2. The normalized spacial score (nSPS) is 20.6. The van der Waals surface area contributed by atoms with E-state index in [-0.39, 0.29) is 12.1 Å². The number of nitrogens with two attached hydrogens (primary N) is 1. The van der Waals surface area contributed by atoms with Crippen molar-refractivity contribution in [3.05, 3.63) is 11.9 Å². The van der Waals surface area contributed by atoms with Gasteiger partial charge in [0.25, 0.3) is 0 Å². The highest BCUT2D eigenvalue weighted by Crippen LogP contribution is 2.31. The van der Waals surface area contributed by atoms with Crippen LogP contribution in [0.5, 0.6) is 5.75 Å². The first kappa shape index (κ1) is 15.3. The minimum absolute atomic E-state index is 0.0269. The lowest BCUT2D eigenvalue weighted by Gasteiger charge is -2.22. The molecule has 6 nitrogen and oxygen atoms in total. The van der Waals surface area contributed by atoms with Crippen LogP contribution in [-0.4, -0.2) is 29.6 Å². The van der Waals surface area contributed by atoms with Crippen LogP contribution in [0.3, 0.4) is 0 Å². The quantitative estimate of drug-likeness (QED) is 0.590. The molecule has 0 saturated carbocycles. The van der Waals surface area contributed by atoms with Gasteiger partial charge in [0.1, 0.15) is 0 Å². The maximum atomic E-state index is 5.75. The summed E-state index contributed by atoms with van der Waals surface area (Å²) in [5, 5.41) is 4.40. The summed E-state index contributed by atoms with van der Waals surface area (Å²) in [6, 6.07) is 0.298. The van der Waals surface area contributed by atoms with E-state index in [9.17, 15) is 0 Å². The lowest BCUT2D eigenvalue weighted by Crippen LogP contribution is -2.31. The Balaban J connectivity index is 2.10. The molecule has 2 unspecified atom stereocenters. The first-order valence-electron chi connectivity index (χ1n) is 7.36. The van der Waals surface area contributed by atoms with Crippen molar-refractivity contribution < 1.29 is 9.47 Å². The number of nitrogens with zero attached hydrogens (tertiary/aromatic N) is 2. The van der Waals surface area contributed by atoms with Crippen LogP contribution >= 0.6 is 0 Å². The molecule has 6 heteroatoms. The van der Waals surface area contributed by atoms with Crippen molar-refractivity contribution in [2.24, 2.45) is 5.84 Å². The lowest BCUT2D eigenvalue weighted by molar-refractivity contribution is 0.0991. The Morgan fingerprint density at radius 3 is 2.95 bits per heavy atom.